The van der Waals surface area contributed by atoms with Gasteiger partial charge in [-0.05, 0) is 0 Å². The third kappa shape index (κ3) is 2.22. The Morgan fingerprint density at radius 3 is 2.69 bits per heavy atom. The molecule has 1 unspecified atom stereocenters. The normalized spacial score (nSPS) is 12.2. The van der Waals surface area contributed by atoms with E-state index in [1.165, 1.54) is 7.11 Å². The summed E-state index contributed by atoms with van der Waals surface area (Å²) in [4.78, 5) is 10.9. The molecular formula is C10H12FNO4. The van der Waals surface area contributed by atoms with Crippen molar-refractivity contribution >= 4 is 5.97 Å². The number of carboxylic acids is 1. The molecular weight excluding hydrogens is 217 g/mol. The van der Waals surface area contributed by atoms with E-state index in [1.54, 1.807) is 0 Å². The number of aliphatic carboxylic acids is 1. The maximum absolute atomic E-state index is 13.5. The van der Waals surface area contributed by atoms with Gasteiger partial charge in [0.25, 0.3) is 0 Å². The predicted molar refractivity (Wildman–Crippen MR) is 54.0 cm³/mol. The van der Waals surface area contributed by atoms with Gasteiger partial charge in [0.1, 0.15) is 23.2 Å². The van der Waals surface area contributed by atoms with Crippen molar-refractivity contribution in [2.75, 3.05) is 13.7 Å². The summed E-state index contributed by atoms with van der Waals surface area (Å²) in [5, 5.41) is 18.0. The van der Waals surface area contributed by atoms with Crippen LogP contribution in [-0.4, -0.2) is 29.8 Å². The molecule has 1 rings (SSSR count). The lowest BCUT2D eigenvalue weighted by Gasteiger charge is -2.15. The average Bonchev–Trinajstić information content (AvgIpc) is 2.21. The molecule has 1 aromatic carbocycles. The van der Waals surface area contributed by atoms with E-state index in [1.807, 2.05) is 0 Å². The Bertz CT molecular complexity index is 408. The maximum Gasteiger partial charge on any atom is 0.312 e. The van der Waals surface area contributed by atoms with E-state index in [4.69, 9.17) is 20.7 Å². The number of phenolic OH excluding ortho intramolecular Hbond substituents is 1. The first kappa shape index (κ1) is 12.3. The zero-order valence-electron chi connectivity index (χ0n) is 8.61. The maximum atomic E-state index is 13.5. The molecule has 0 aromatic heterocycles. The van der Waals surface area contributed by atoms with Crippen molar-refractivity contribution in [3.63, 3.8) is 0 Å². The summed E-state index contributed by atoms with van der Waals surface area (Å²) in [6, 6.07) is 1.97. The predicted octanol–water partition coefficient (Wildman–Crippen LogP) is 0.667. The van der Waals surface area contributed by atoms with Gasteiger partial charge in [0.15, 0.2) is 0 Å². The van der Waals surface area contributed by atoms with Gasteiger partial charge in [-0.1, -0.05) is 0 Å². The van der Waals surface area contributed by atoms with Crippen LogP contribution in [0.5, 0.6) is 11.5 Å². The van der Waals surface area contributed by atoms with E-state index in [9.17, 15) is 9.18 Å². The summed E-state index contributed by atoms with van der Waals surface area (Å²) in [5.74, 6) is -3.66. The van der Waals surface area contributed by atoms with Crippen molar-refractivity contribution < 1.29 is 24.1 Å². The van der Waals surface area contributed by atoms with E-state index in [-0.39, 0.29) is 23.6 Å². The zero-order valence-corrected chi connectivity index (χ0v) is 8.61. The van der Waals surface area contributed by atoms with Crippen LogP contribution in [0.2, 0.25) is 0 Å². The van der Waals surface area contributed by atoms with Gasteiger partial charge in [0.05, 0.1) is 7.11 Å². The largest absolute Gasteiger partial charge is 0.508 e. The highest BCUT2D eigenvalue weighted by molar-refractivity contribution is 5.77. The Balaban J connectivity index is 3.35. The first-order valence-corrected chi connectivity index (χ1v) is 4.50. The Morgan fingerprint density at radius 1 is 1.62 bits per heavy atom. The van der Waals surface area contributed by atoms with Crippen molar-refractivity contribution in [2.24, 2.45) is 5.73 Å². The minimum absolute atomic E-state index is 0.0321. The second-order valence-corrected chi connectivity index (χ2v) is 3.17. The number of hydrogen-bond acceptors (Lipinski definition) is 4. The van der Waals surface area contributed by atoms with E-state index in [0.717, 1.165) is 12.1 Å². The summed E-state index contributed by atoms with van der Waals surface area (Å²) in [7, 11) is 1.26. The van der Waals surface area contributed by atoms with E-state index < -0.39 is 17.7 Å². The number of halogens is 1. The first-order chi connectivity index (χ1) is 7.51. The molecule has 0 saturated heterocycles. The Kier molecular flexibility index (Phi) is 3.68. The first-order valence-electron chi connectivity index (χ1n) is 4.50. The van der Waals surface area contributed by atoms with Crippen LogP contribution in [0, 0.1) is 5.82 Å². The highest BCUT2D eigenvalue weighted by Gasteiger charge is 2.26. The Hall–Kier alpha value is -1.82. The SMILES string of the molecule is COc1cc(O)cc(F)c1C(CN)C(=O)O. The van der Waals surface area contributed by atoms with Crippen LogP contribution < -0.4 is 10.5 Å². The fourth-order valence-corrected chi connectivity index (χ4v) is 1.43. The third-order valence-electron chi connectivity index (χ3n) is 2.18. The highest BCUT2D eigenvalue weighted by Crippen LogP contribution is 2.32. The summed E-state index contributed by atoms with van der Waals surface area (Å²) in [6.45, 7) is -0.257. The van der Waals surface area contributed by atoms with Crippen molar-refractivity contribution in [2.45, 2.75) is 5.92 Å². The van der Waals surface area contributed by atoms with Crippen LogP contribution in [0.4, 0.5) is 4.39 Å². The van der Waals surface area contributed by atoms with E-state index in [2.05, 4.69) is 0 Å². The fraction of sp³-hybridized carbons (Fsp3) is 0.300. The zero-order chi connectivity index (χ0) is 12.3. The van der Waals surface area contributed by atoms with E-state index in [0.29, 0.717) is 0 Å². The number of phenols is 1. The van der Waals surface area contributed by atoms with Gasteiger partial charge in [-0.2, -0.15) is 0 Å². The third-order valence-corrected chi connectivity index (χ3v) is 2.18. The number of benzene rings is 1. The van der Waals surface area contributed by atoms with Crippen molar-refractivity contribution in [3.05, 3.63) is 23.5 Å². The summed E-state index contributed by atoms with van der Waals surface area (Å²) >= 11 is 0. The summed E-state index contributed by atoms with van der Waals surface area (Å²) in [5.41, 5.74) is 5.11. The summed E-state index contributed by atoms with van der Waals surface area (Å²) < 4.78 is 18.4. The second kappa shape index (κ2) is 4.80. The number of ether oxygens (including phenoxy) is 1. The average molecular weight is 229 g/mol. The van der Waals surface area contributed by atoms with Gasteiger partial charge in [0, 0.05) is 24.2 Å². The van der Waals surface area contributed by atoms with Crippen LogP contribution in [0.15, 0.2) is 12.1 Å². The molecule has 0 bridgehead atoms. The molecule has 16 heavy (non-hydrogen) atoms. The number of carbonyl (C=O) groups is 1. The molecule has 4 N–H and O–H groups in total. The van der Waals surface area contributed by atoms with Crippen LogP contribution in [0.25, 0.3) is 0 Å². The topological polar surface area (TPSA) is 92.8 Å². The number of hydrogen-bond donors (Lipinski definition) is 3. The molecule has 0 aliphatic rings. The summed E-state index contributed by atoms with van der Waals surface area (Å²) in [6.07, 6.45) is 0. The standard InChI is InChI=1S/C10H12FNO4/c1-16-8-3-5(13)2-7(11)9(8)6(4-12)10(14)15/h2-3,6,13H,4,12H2,1H3,(H,14,15). The second-order valence-electron chi connectivity index (χ2n) is 3.17. The number of methoxy groups -OCH3 is 1. The Labute approximate surface area is 91.3 Å². The quantitative estimate of drug-likeness (QED) is 0.705. The minimum atomic E-state index is -1.25. The van der Waals surface area contributed by atoms with Crippen LogP contribution >= 0.6 is 0 Å². The molecule has 0 heterocycles. The van der Waals surface area contributed by atoms with Gasteiger partial charge in [-0.15, -0.1) is 0 Å². The number of nitrogens with two attached hydrogens (primary N) is 1. The molecule has 0 saturated carbocycles. The molecule has 0 fully saturated rings. The minimum Gasteiger partial charge on any atom is -0.508 e. The van der Waals surface area contributed by atoms with Gasteiger partial charge >= 0.3 is 5.97 Å². The molecule has 0 radical (unpaired) electrons. The molecule has 0 aliphatic heterocycles. The van der Waals surface area contributed by atoms with Crippen LogP contribution in [0.3, 0.4) is 0 Å². The fourth-order valence-electron chi connectivity index (χ4n) is 1.43. The van der Waals surface area contributed by atoms with Crippen molar-refractivity contribution in [3.8, 4) is 11.5 Å². The smallest absolute Gasteiger partial charge is 0.312 e. The van der Waals surface area contributed by atoms with Crippen molar-refractivity contribution in [1.82, 2.24) is 0 Å². The molecule has 5 nitrogen and oxygen atoms in total. The van der Waals surface area contributed by atoms with Gasteiger partial charge < -0.3 is 20.7 Å². The molecule has 0 amide bonds. The molecule has 1 atom stereocenters. The molecule has 0 aliphatic carbocycles. The number of aromatic hydroxyl groups is 1. The van der Waals surface area contributed by atoms with Crippen LogP contribution in [0.1, 0.15) is 11.5 Å². The molecule has 6 heteroatoms. The Morgan fingerprint density at radius 2 is 2.25 bits per heavy atom. The van der Waals surface area contributed by atoms with Crippen molar-refractivity contribution in [1.29, 1.82) is 0 Å². The van der Waals surface area contributed by atoms with Gasteiger partial charge in [0.2, 0.25) is 0 Å². The monoisotopic (exact) mass is 229 g/mol. The van der Waals surface area contributed by atoms with Gasteiger partial charge in [-0.3, -0.25) is 4.79 Å². The number of carboxylic acid groups (broad SMARTS) is 1. The molecule has 88 valence electrons. The molecule has 0 spiro atoms. The molecule has 1 aromatic rings. The lowest BCUT2D eigenvalue weighted by molar-refractivity contribution is -0.138. The lowest BCUT2D eigenvalue weighted by atomic mass is 9.97. The number of rotatable bonds is 4. The van der Waals surface area contributed by atoms with Crippen LogP contribution in [-0.2, 0) is 4.79 Å². The lowest BCUT2D eigenvalue weighted by Crippen LogP contribution is -2.22. The van der Waals surface area contributed by atoms with E-state index >= 15 is 0 Å². The van der Waals surface area contributed by atoms with Gasteiger partial charge in [-0.25, -0.2) is 4.39 Å². The highest BCUT2D eigenvalue weighted by atomic mass is 19.1.